The third-order valence-corrected chi connectivity index (χ3v) is 3.44. The van der Waals surface area contributed by atoms with Gasteiger partial charge in [0.05, 0.1) is 5.69 Å². The summed E-state index contributed by atoms with van der Waals surface area (Å²) in [5.41, 5.74) is 2.49. The van der Waals surface area contributed by atoms with Crippen LogP contribution in [0.5, 0.6) is 0 Å². The van der Waals surface area contributed by atoms with E-state index in [0.717, 1.165) is 32.7 Å². The molecule has 0 aromatic carbocycles. The molecule has 1 fully saturated rings. The van der Waals surface area contributed by atoms with Gasteiger partial charge >= 0.3 is 0 Å². The topological polar surface area (TPSA) is 33.1 Å². The monoisotopic (exact) mass is 254 g/mol. The van der Waals surface area contributed by atoms with Crippen molar-refractivity contribution in [2.45, 2.75) is 32.7 Å². The van der Waals surface area contributed by atoms with E-state index in [1.54, 1.807) is 4.09 Å². The summed E-state index contributed by atoms with van der Waals surface area (Å²) in [6.07, 6.45) is 3.25. The van der Waals surface area contributed by atoms with Gasteiger partial charge in [0.25, 0.3) is 0 Å². The third kappa shape index (κ3) is 3.47. The van der Waals surface area contributed by atoms with Gasteiger partial charge in [-0.2, -0.15) is 5.10 Å². The molecule has 1 aliphatic heterocycles. The largest absolute Gasteiger partial charge is 0.315 e. The molecule has 0 amide bonds. The van der Waals surface area contributed by atoms with Crippen LogP contribution >= 0.6 is 12.8 Å². The number of hydrogen-bond acceptors (Lipinski definition) is 4. The van der Waals surface area contributed by atoms with E-state index in [9.17, 15) is 0 Å². The zero-order chi connectivity index (χ0) is 12.3. The van der Waals surface area contributed by atoms with Crippen LogP contribution in [0.15, 0.2) is 6.20 Å². The van der Waals surface area contributed by atoms with Gasteiger partial charge in [-0.05, 0) is 43.8 Å². The first-order valence-corrected chi connectivity index (χ1v) is 6.77. The molecule has 0 aliphatic carbocycles. The van der Waals surface area contributed by atoms with E-state index >= 15 is 0 Å². The second-order valence-corrected chi connectivity index (χ2v) is 5.40. The molecular formula is C12H22N4S. The molecule has 1 aliphatic rings. The van der Waals surface area contributed by atoms with Crippen LogP contribution in [0.4, 0.5) is 0 Å². The summed E-state index contributed by atoms with van der Waals surface area (Å²) in [7, 11) is 0. The summed E-state index contributed by atoms with van der Waals surface area (Å²) < 4.78 is 1.64. The first-order valence-electron chi connectivity index (χ1n) is 6.37. The van der Waals surface area contributed by atoms with Crippen molar-refractivity contribution in [2.24, 2.45) is 0 Å². The van der Waals surface area contributed by atoms with Gasteiger partial charge in [-0.15, -0.1) is 0 Å². The van der Waals surface area contributed by atoms with Gasteiger partial charge in [0.1, 0.15) is 0 Å². The molecule has 0 radical (unpaired) electrons. The molecule has 0 unspecified atom stereocenters. The van der Waals surface area contributed by atoms with Crippen LogP contribution in [-0.4, -0.2) is 40.3 Å². The molecule has 1 N–H and O–H groups in total. The first-order chi connectivity index (χ1) is 8.16. The Hall–Kier alpha value is -0.520. The highest BCUT2D eigenvalue weighted by Gasteiger charge is 2.16. The van der Waals surface area contributed by atoms with E-state index in [-0.39, 0.29) is 0 Å². The average molecular weight is 254 g/mol. The van der Waals surface area contributed by atoms with Gasteiger partial charge in [0.15, 0.2) is 0 Å². The molecule has 0 atom stereocenters. The van der Waals surface area contributed by atoms with Crippen LogP contribution in [0.1, 0.15) is 37.4 Å². The minimum Gasteiger partial charge on any atom is -0.315 e. The summed E-state index contributed by atoms with van der Waals surface area (Å²) in [4.78, 5) is 2.47. The molecule has 0 bridgehead atoms. The van der Waals surface area contributed by atoms with Crippen molar-refractivity contribution < 1.29 is 0 Å². The normalized spacial score (nSPS) is 18.6. The molecule has 4 nitrogen and oxygen atoms in total. The highest BCUT2D eigenvalue weighted by molar-refractivity contribution is 7.78. The Morgan fingerprint density at radius 3 is 3.00 bits per heavy atom. The maximum absolute atomic E-state index is 4.48. The molecular weight excluding hydrogens is 232 g/mol. The van der Waals surface area contributed by atoms with E-state index in [4.69, 9.17) is 0 Å². The molecule has 1 aromatic heterocycles. The standard InChI is InChI=1S/C12H22N4S/c1-10(2)11-8-16(17)14-12(11)9-15-6-3-4-13-5-7-15/h8,10,13,17H,3-7,9H2,1-2H3. The van der Waals surface area contributed by atoms with Crippen molar-refractivity contribution in [3.05, 3.63) is 17.5 Å². The zero-order valence-electron chi connectivity index (χ0n) is 10.7. The first kappa shape index (κ1) is 12.9. The van der Waals surface area contributed by atoms with Crippen molar-refractivity contribution in [1.29, 1.82) is 0 Å². The van der Waals surface area contributed by atoms with Gasteiger partial charge in [-0.3, -0.25) is 4.90 Å². The number of nitrogens with one attached hydrogen (secondary N) is 1. The quantitative estimate of drug-likeness (QED) is 0.802. The molecule has 17 heavy (non-hydrogen) atoms. The summed E-state index contributed by atoms with van der Waals surface area (Å²) >= 11 is 4.28. The van der Waals surface area contributed by atoms with Crippen molar-refractivity contribution in [1.82, 2.24) is 19.4 Å². The van der Waals surface area contributed by atoms with Gasteiger partial charge in [0, 0.05) is 25.8 Å². The zero-order valence-corrected chi connectivity index (χ0v) is 11.6. The van der Waals surface area contributed by atoms with Gasteiger partial charge in [-0.1, -0.05) is 13.8 Å². The van der Waals surface area contributed by atoms with Crippen LogP contribution in [-0.2, 0) is 6.54 Å². The Morgan fingerprint density at radius 2 is 2.24 bits per heavy atom. The highest BCUT2D eigenvalue weighted by Crippen LogP contribution is 2.20. The van der Waals surface area contributed by atoms with Crippen molar-refractivity contribution >= 4 is 12.8 Å². The number of hydrogen-bond donors (Lipinski definition) is 2. The fraction of sp³-hybridized carbons (Fsp3) is 0.750. The fourth-order valence-corrected chi connectivity index (χ4v) is 2.52. The maximum Gasteiger partial charge on any atom is 0.0809 e. The van der Waals surface area contributed by atoms with Crippen LogP contribution in [0.2, 0.25) is 0 Å². The lowest BCUT2D eigenvalue weighted by Crippen LogP contribution is -2.28. The lowest BCUT2D eigenvalue weighted by atomic mass is 10.0. The Bertz CT molecular complexity index is 353. The van der Waals surface area contributed by atoms with Crippen LogP contribution in [0.3, 0.4) is 0 Å². The van der Waals surface area contributed by atoms with Crippen LogP contribution in [0.25, 0.3) is 0 Å². The van der Waals surface area contributed by atoms with E-state index < -0.39 is 0 Å². The summed E-state index contributed by atoms with van der Waals surface area (Å²) in [5, 5.41) is 7.90. The number of rotatable bonds is 3. The molecule has 0 saturated carbocycles. The smallest absolute Gasteiger partial charge is 0.0809 e. The van der Waals surface area contributed by atoms with E-state index in [1.807, 2.05) is 6.20 Å². The Balaban J connectivity index is 2.06. The van der Waals surface area contributed by atoms with Crippen molar-refractivity contribution in [3.8, 4) is 0 Å². The minimum absolute atomic E-state index is 0.510. The van der Waals surface area contributed by atoms with Crippen LogP contribution in [0, 0.1) is 0 Å². The Morgan fingerprint density at radius 1 is 1.41 bits per heavy atom. The van der Waals surface area contributed by atoms with Crippen molar-refractivity contribution in [3.63, 3.8) is 0 Å². The summed E-state index contributed by atoms with van der Waals surface area (Å²) in [6.45, 7) is 9.84. The van der Waals surface area contributed by atoms with E-state index in [2.05, 4.69) is 42.0 Å². The van der Waals surface area contributed by atoms with Crippen LogP contribution < -0.4 is 5.32 Å². The number of thiol groups is 1. The molecule has 2 heterocycles. The lowest BCUT2D eigenvalue weighted by molar-refractivity contribution is 0.279. The molecule has 2 rings (SSSR count). The van der Waals surface area contributed by atoms with Crippen molar-refractivity contribution in [2.75, 3.05) is 26.2 Å². The van der Waals surface area contributed by atoms with Gasteiger partial charge < -0.3 is 5.32 Å². The molecule has 96 valence electrons. The van der Waals surface area contributed by atoms with E-state index in [0.29, 0.717) is 5.92 Å². The van der Waals surface area contributed by atoms with Gasteiger partial charge in [-0.25, -0.2) is 4.09 Å². The van der Waals surface area contributed by atoms with Gasteiger partial charge in [0.2, 0.25) is 0 Å². The second-order valence-electron chi connectivity index (χ2n) is 4.99. The predicted molar refractivity (Wildman–Crippen MR) is 73.5 cm³/mol. The second kappa shape index (κ2) is 5.89. The molecule has 1 aromatic rings. The number of nitrogens with zero attached hydrogens (tertiary/aromatic N) is 3. The highest BCUT2D eigenvalue weighted by atomic mass is 32.1. The Labute approximate surface area is 109 Å². The molecule has 5 heteroatoms. The summed E-state index contributed by atoms with van der Waals surface area (Å²) in [6, 6.07) is 0. The Kier molecular flexibility index (Phi) is 4.48. The SMILES string of the molecule is CC(C)c1cn(S)nc1CN1CCCNCC1. The predicted octanol–water partition coefficient (Wildman–Crippen LogP) is 1.49. The lowest BCUT2D eigenvalue weighted by Gasteiger charge is -2.19. The molecule has 0 spiro atoms. The molecule has 1 saturated heterocycles. The maximum atomic E-state index is 4.48. The fourth-order valence-electron chi connectivity index (χ4n) is 2.29. The minimum atomic E-state index is 0.510. The third-order valence-electron chi connectivity index (χ3n) is 3.24. The number of aromatic nitrogens is 2. The summed E-state index contributed by atoms with van der Waals surface area (Å²) in [5.74, 6) is 0.510. The van der Waals surface area contributed by atoms with E-state index in [1.165, 1.54) is 17.7 Å². The average Bonchev–Trinajstić information content (AvgIpc) is 2.50.